The summed E-state index contributed by atoms with van der Waals surface area (Å²) < 4.78 is 26.0. The number of nitrogens with one attached hydrogen (secondary N) is 2. The SMILES string of the molecule is CC(C)(C)OC(=O)N1CC(NCc2cccc(NC(=O)OCc3ccccc3)c2F)(c2ccc(O)cc2O)C1. The van der Waals surface area contributed by atoms with Gasteiger partial charge in [0.25, 0.3) is 0 Å². The van der Waals surface area contributed by atoms with E-state index < -0.39 is 29.1 Å². The molecule has 1 heterocycles. The highest BCUT2D eigenvalue weighted by Gasteiger charge is 2.49. The summed E-state index contributed by atoms with van der Waals surface area (Å²) in [6.07, 6.45) is -1.30. The van der Waals surface area contributed by atoms with Crippen molar-refractivity contribution in [1.82, 2.24) is 10.2 Å². The number of aromatic hydroxyl groups is 2. The van der Waals surface area contributed by atoms with E-state index in [1.165, 1.54) is 23.1 Å². The first kappa shape index (κ1) is 27.7. The highest BCUT2D eigenvalue weighted by Crippen LogP contribution is 2.39. The van der Waals surface area contributed by atoms with E-state index in [1.54, 1.807) is 39.0 Å². The maximum absolute atomic E-state index is 15.3. The number of carbonyl (C=O) groups is 2. The Morgan fingerprint density at radius 3 is 2.41 bits per heavy atom. The molecular weight excluding hydrogens is 505 g/mol. The first-order chi connectivity index (χ1) is 18.5. The lowest BCUT2D eigenvalue weighted by atomic mass is 9.81. The second-order valence-electron chi connectivity index (χ2n) is 10.4. The molecule has 3 aromatic rings. The molecule has 1 aliphatic rings. The van der Waals surface area contributed by atoms with Crippen LogP contribution in [-0.2, 0) is 28.2 Å². The van der Waals surface area contributed by atoms with E-state index in [9.17, 15) is 19.8 Å². The normalized spacial score (nSPS) is 14.3. The van der Waals surface area contributed by atoms with E-state index in [1.807, 2.05) is 30.3 Å². The van der Waals surface area contributed by atoms with Gasteiger partial charge in [0.1, 0.15) is 23.7 Å². The van der Waals surface area contributed by atoms with Crippen molar-refractivity contribution >= 4 is 17.9 Å². The molecule has 39 heavy (non-hydrogen) atoms. The Bertz CT molecular complexity index is 1340. The van der Waals surface area contributed by atoms with Crippen LogP contribution in [0.15, 0.2) is 66.7 Å². The predicted octanol–water partition coefficient (Wildman–Crippen LogP) is 5.22. The number of rotatable bonds is 7. The summed E-state index contributed by atoms with van der Waals surface area (Å²) in [6.45, 7) is 5.65. The van der Waals surface area contributed by atoms with E-state index in [2.05, 4.69) is 10.6 Å². The summed E-state index contributed by atoms with van der Waals surface area (Å²) in [7, 11) is 0. The molecule has 3 aromatic carbocycles. The third-order valence-corrected chi connectivity index (χ3v) is 6.22. The monoisotopic (exact) mass is 537 g/mol. The number of amides is 2. The van der Waals surface area contributed by atoms with Crippen molar-refractivity contribution in [2.75, 3.05) is 18.4 Å². The molecule has 0 unspecified atom stereocenters. The van der Waals surface area contributed by atoms with E-state index >= 15 is 4.39 Å². The minimum atomic E-state index is -0.931. The van der Waals surface area contributed by atoms with Crippen LogP contribution in [0.1, 0.15) is 37.5 Å². The molecule has 1 saturated heterocycles. The van der Waals surface area contributed by atoms with Crippen molar-refractivity contribution in [2.45, 2.75) is 45.1 Å². The molecule has 0 atom stereocenters. The van der Waals surface area contributed by atoms with E-state index in [0.29, 0.717) is 5.56 Å². The Hall–Kier alpha value is -4.31. The average molecular weight is 538 g/mol. The maximum atomic E-state index is 15.3. The molecule has 10 heteroatoms. The first-order valence-corrected chi connectivity index (χ1v) is 12.5. The number of halogens is 1. The number of ether oxygens (including phenoxy) is 2. The first-order valence-electron chi connectivity index (χ1n) is 12.5. The van der Waals surface area contributed by atoms with Crippen molar-refractivity contribution < 1.29 is 33.7 Å². The Balaban J connectivity index is 1.46. The number of nitrogens with zero attached hydrogens (tertiary/aromatic N) is 1. The third kappa shape index (κ3) is 6.77. The lowest BCUT2D eigenvalue weighted by Crippen LogP contribution is -2.68. The van der Waals surface area contributed by atoms with Crippen LogP contribution in [0.2, 0.25) is 0 Å². The zero-order chi connectivity index (χ0) is 28.2. The molecule has 0 radical (unpaired) electrons. The number of hydrogen-bond donors (Lipinski definition) is 4. The van der Waals surface area contributed by atoms with Gasteiger partial charge in [-0.15, -0.1) is 0 Å². The summed E-state index contributed by atoms with van der Waals surface area (Å²) in [5.74, 6) is -0.919. The number of likely N-dealkylation sites (tertiary alicyclic amines) is 1. The standard InChI is InChI=1S/C29H32FN3O6/c1-28(2,3)39-27(37)33-17-29(18-33,22-13-12-21(34)14-24(22)35)31-15-20-10-7-11-23(25(20)30)32-26(36)38-16-19-8-5-4-6-9-19/h4-14,31,34-35H,15-18H2,1-3H3,(H,32,36). The van der Waals surface area contributed by atoms with Gasteiger partial charge in [-0.3, -0.25) is 5.32 Å². The highest BCUT2D eigenvalue weighted by molar-refractivity contribution is 5.84. The third-order valence-electron chi connectivity index (χ3n) is 6.22. The lowest BCUT2D eigenvalue weighted by Gasteiger charge is -2.51. The van der Waals surface area contributed by atoms with Crippen LogP contribution in [0.3, 0.4) is 0 Å². The number of phenols is 2. The minimum Gasteiger partial charge on any atom is -0.508 e. The number of hydrogen-bond acceptors (Lipinski definition) is 7. The molecule has 0 bridgehead atoms. The van der Waals surface area contributed by atoms with Crippen LogP contribution in [-0.4, -0.2) is 46.0 Å². The van der Waals surface area contributed by atoms with Gasteiger partial charge >= 0.3 is 12.2 Å². The van der Waals surface area contributed by atoms with Crippen LogP contribution in [0.4, 0.5) is 19.7 Å². The quantitative estimate of drug-likeness (QED) is 0.326. The molecule has 1 fully saturated rings. The van der Waals surface area contributed by atoms with Crippen molar-refractivity contribution in [1.29, 1.82) is 0 Å². The van der Waals surface area contributed by atoms with Crippen molar-refractivity contribution in [3.8, 4) is 11.5 Å². The fraction of sp³-hybridized carbons (Fsp3) is 0.310. The Labute approximate surface area is 226 Å². The van der Waals surface area contributed by atoms with Gasteiger partial charge in [0, 0.05) is 36.8 Å². The second kappa shape index (κ2) is 11.2. The summed E-state index contributed by atoms with van der Waals surface area (Å²) in [5.41, 5.74) is -0.155. The molecule has 1 aliphatic heterocycles. The number of carbonyl (C=O) groups excluding carboxylic acids is 2. The van der Waals surface area contributed by atoms with Gasteiger partial charge in [-0.25, -0.2) is 14.0 Å². The van der Waals surface area contributed by atoms with Crippen molar-refractivity contribution in [2.24, 2.45) is 0 Å². The Morgan fingerprint density at radius 2 is 1.74 bits per heavy atom. The van der Waals surface area contributed by atoms with Gasteiger partial charge in [0.2, 0.25) is 0 Å². The zero-order valence-corrected chi connectivity index (χ0v) is 22.0. The van der Waals surface area contributed by atoms with Gasteiger partial charge in [-0.05, 0) is 44.5 Å². The van der Waals surface area contributed by atoms with Crippen LogP contribution in [0.25, 0.3) is 0 Å². The van der Waals surface area contributed by atoms with Gasteiger partial charge in [0.05, 0.1) is 11.2 Å². The van der Waals surface area contributed by atoms with Gasteiger partial charge in [0.15, 0.2) is 5.82 Å². The molecule has 2 amide bonds. The summed E-state index contributed by atoms with van der Waals surface area (Å²) in [6, 6.07) is 17.9. The number of anilines is 1. The van der Waals surface area contributed by atoms with E-state index in [-0.39, 0.29) is 49.0 Å². The topological polar surface area (TPSA) is 120 Å². The van der Waals surface area contributed by atoms with Crippen LogP contribution in [0, 0.1) is 5.82 Å². The van der Waals surface area contributed by atoms with Gasteiger partial charge in [-0.2, -0.15) is 0 Å². The fourth-order valence-electron chi connectivity index (χ4n) is 4.31. The molecule has 206 valence electrons. The Kier molecular flexibility index (Phi) is 7.96. The van der Waals surface area contributed by atoms with Gasteiger partial charge < -0.3 is 29.9 Å². The number of phenolic OH excluding ortho intramolecular Hbond substituents is 2. The molecular formula is C29H32FN3O6. The predicted molar refractivity (Wildman–Crippen MR) is 143 cm³/mol. The van der Waals surface area contributed by atoms with E-state index in [0.717, 1.165) is 5.56 Å². The van der Waals surface area contributed by atoms with E-state index in [4.69, 9.17) is 9.47 Å². The summed E-state index contributed by atoms with van der Waals surface area (Å²) in [4.78, 5) is 26.3. The molecule has 4 N–H and O–H groups in total. The van der Waals surface area contributed by atoms with Crippen LogP contribution < -0.4 is 10.6 Å². The smallest absolute Gasteiger partial charge is 0.412 e. The van der Waals surface area contributed by atoms with Gasteiger partial charge in [-0.1, -0.05) is 42.5 Å². The molecule has 0 spiro atoms. The Morgan fingerprint density at radius 1 is 1.03 bits per heavy atom. The molecule has 4 rings (SSSR count). The maximum Gasteiger partial charge on any atom is 0.412 e. The number of benzene rings is 3. The van der Waals surface area contributed by atoms with Crippen LogP contribution >= 0.6 is 0 Å². The van der Waals surface area contributed by atoms with Crippen LogP contribution in [0.5, 0.6) is 11.5 Å². The summed E-state index contributed by atoms with van der Waals surface area (Å²) in [5, 5.41) is 26.0. The minimum absolute atomic E-state index is 0.0168. The van der Waals surface area contributed by atoms with Crippen molar-refractivity contribution in [3.05, 3.63) is 89.2 Å². The second-order valence-corrected chi connectivity index (χ2v) is 10.4. The average Bonchev–Trinajstić information content (AvgIpc) is 2.84. The molecule has 0 saturated carbocycles. The highest BCUT2D eigenvalue weighted by atomic mass is 19.1. The molecule has 0 aromatic heterocycles. The van der Waals surface area contributed by atoms with Crippen molar-refractivity contribution in [3.63, 3.8) is 0 Å². The molecule has 9 nitrogen and oxygen atoms in total. The lowest BCUT2D eigenvalue weighted by molar-refractivity contribution is -0.0191. The fourth-order valence-corrected chi connectivity index (χ4v) is 4.31. The summed E-state index contributed by atoms with van der Waals surface area (Å²) >= 11 is 0. The zero-order valence-electron chi connectivity index (χ0n) is 22.0. The molecule has 0 aliphatic carbocycles. The largest absolute Gasteiger partial charge is 0.508 e.